The zero-order valence-electron chi connectivity index (χ0n) is 19.4. The molecule has 0 aliphatic carbocycles. The van der Waals surface area contributed by atoms with Gasteiger partial charge in [-0.2, -0.15) is 5.10 Å². The highest BCUT2D eigenvalue weighted by atomic mass is 35.5. The molecule has 1 saturated heterocycles. The molecule has 35 heavy (non-hydrogen) atoms. The lowest BCUT2D eigenvalue weighted by Gasteiger charge is -2.34. The molecule has 0 bridgehead atoms. The minimum Gasteiger partial charge on any atom is -0.395 e. The monoisotopic (exact) mass is 514 g/mol. The SMILES string of the molecule is O=c1n(CCCN2CCN(CCO)CC2)nc2n1-c1ccc(Cl)cc1C(c1ccccc1Cl)=NC2. The molecular formula is C25H28Cl2N6O2. The van der Waals surface area contributed by atoms with Gasteiger partial charge in [-0.05, 0) is 30.7 Å². The first-order chi connectivity index (χ1) is 17.0. The number of halogens is 2. The average Bonchev–Trinajstić information content (AvgIpc) is 3.07. The highest BCUT2D eigenvalue weighted by Gasteiger charge is 2.25. The second kappa shape index (κ2) is 10.6. The summed E-state index contributed by atoms with van der Waals surface area (Å²) in [4.78, 5) is 22.9. The minimum atomic E-state index is -0.174. The summed E-state index contributed by atoms with van der Waals surface area (Å²) < 4.78 is 3.19. The molecule has 3 aromatic rings. The Balaban J connectivity index is 1.37. The maximum atomic E-state index is 13.4. The summed E-state index contributed by atoms with van der Waals surface area (Å²) in [5.41, 5.74) is 2.78. The van der Waals surface area contributed by atoms with Crippen LogP contribution in [0.3, 0.4) is 0 Å². The average molecular weight is 515 g/mol. The van der Waals surface area contributed by atoms with Crippen molar-refractivity contribution in [2.24, 2.45) is 4.99 Å². The van der Waals surface area contributed by atoms with Gasteiger partial charge in [-0.1, -0.05) is 41.4 Å². The molecule has 5 rings (SSSR count). The smallest absolute Gasteiger partial charge is 0.350 e. The highest BCUT2D eigenvalue weighted by Crippen LogP contribution is 2.28. The molecular weight excluding hydrogens is 487 g/mol. The first-order valence-electron chi connectivity index (χ1n) is 11.9. The number of β-amino-alcohol motifs (C(OH)–C–C–N with tert-alkyl or cyclic N) is 1. The van der Waals surface area contributed by atoms with Crippen molar-refractivity contribution in [3.8, 4) is 5.69 Å². The van der Waals surface area contributed by atoms with E-state index in [2.05, 4.69) is 14.9 Å². The van der Waals surface area contributed by atoms with E-state index in [0.29, 0.717) is 33.8 Å². The van der Waals surface area contributed by atoms with Gasteiger partial charge in [0.25, 0.3) is 0 Å². The standard InChI is InChI=1S/C25H28Cl2N6O2/c26-18-6-7-22-20(16-18)24(19-4-1-2-5-21(19)27)28-17-23-29-32(25(35)33(22)23)9-3-8-30-10-12-31(13-11-30)14-15-34/h1-2,4-7,16,34H,3,8-15,17H2. The fourth-order valence-corrected chi connectivity index (χ4v) is 5.17. The van der Waals surface area contributed by atoms with Crippen LogP contribution in [0.4, 0.5) is 0 Å². The maximum absolute atomic E-state index is 13.4. The lowest BCUT2D eigenvalue weighted by molar-refractivity contribution is 0.111. The first-order valence-corrected chi connectivity index (χ1v) is 12.6. The predicted molar refractivity (Wildman–Crippen MR) is 138 cm³/mol. The molecule has 2 aliphatic heterocycles. The normalized spacial score (nSPS) is 16.5. The molecule has 2 aliphatic rings. The number of hydrogen-bond donors (Lipinski definition) is 1. The van der Waals surface area contributed by atoms with E-state index in [1.807, 2.05) is 36.4 Å². The van der Waals surface area contributed by atoms with Crippen molar-refractivity contribution < 1.29 is 5.11 Å². The number of rotatable bonds is 7. The number of hydrogen-bond acceptors (Lipinski definition) is 6. The number of aliphatic hydroxyl groups excluding tert-OH is 1. The number of aryl methyl sites for hydroxylation is 1. The highest BCUT2D eigenvalue weighted by molar-refractivity contribution is 6.36. The van der Waals surface area contributed by atoms with Crippen LogP contribution < -0.4 is 5.69 Å². The van der Waals surface area contributed by atoms with Crippen molar-refractivity contribution in [1.29, 1.82) is 0 Å². The zero-order chi connectivity index (χ0) is 24.4. The van der Waals surface area contributed by atoms with E-state index in [4.69, 9.17) is 33.3 Å². The van der Waals surface area contributed by atoms with E-state index in [1.54, 1.807) is 15.3 Å². The van der Waals surface area contributed by atoms with E-state index in [-0.39, 0.29) is 18.8 Å². The molecule has 0 radical (unpaired) electrons. The van der Waals surface area contributed by atoms with Crippen LogP contribution in [0.1, 0.15) is 23.4 Å². The summed E-state index contributed by atoms with van der Waals surface area (Å²) in [5.74, 6) is 0.596. The maximum Gasteiger partial charge on any atom is 0.350 e. The Morgan fingerprint density at radius 3 is 2.40 bits per heavy atom. The molecule has 8 nitrogen and oxygen atoms in total. The molecule has 0 unspecified atom stereocenters. The van der Waals surface area contributed by atoms with Crippen LogP contribution in [0.15, 0.2) is 52.3 Å². The summed E-state index contributed by atoms with van der Waals surface area (Å²) in [6.07, 6.45) is 0.831. The van der Waals surface area contributed by atoms with E-state index in [1.165, 1.54) is 0 Å². The van der Waals surface area contributed by atoms with Crippen LogP contribution in [0, 0.1) is 0 Å². The molecule has 0 saturated carbocycles. The van der Waals surface area contributed by atoms with Gasteiger partial charge in [-0.25, -0.2) is 14.0 Å². The van der Waals surface area contributed by atoms with E-state index in [0.717, 1.165) is 56.8 Å². The van der Waals surface area contributed by atoms with Crippen molar-refractivity contribution in [3.05, 3.63) is 79.9 Å². The van der Waals surface area contributed by atoms with Crippen LogP contribution in [-0.2, 0) is 13.1 Å². The Morgan fingerprint density at radius 2 is 1.66 bits per heavy atom. The number of benzene rings is 2. The lowest BCUT2D eigenvalue weighted by Crippen LogP contribution is -2.47. The number of aliphatic hydroxyl groups is 1. The molecule has 0 amide bonds. The van der Waals surface area contributed by atoms with Crippen molar-refractivity contribution in [2.75, 3.05) is 45.9 Å². The van der Waals surface area contributed by atoms with E-state index >= 15 is 0 Å². The third kappa shape index (κ3) is 5.08. The lowest BCUT2D eigenvalue weighted by atomic mass is 10.0. The van der Waals surface area contributed by atoms with Gasteiger partial charge in [0.05, 0.1) is 18.0 Å². The second-order valence-corrected chi connectivity index (χ2v) is 9.67. The zero-order valence-corrected chi connectivity index (χ0v) is 20.9. The van der Waals surface area contributed by atoms with Gasteiger partial charge in [0.2, 0.25) is 0 Å². The van der Waals surface area contributed by atoms with Crippen LogP contribution in [0.25, 0.3) is 5.69 Å². The Bertz CT molecular complexity index is 1290. The van der Waals surface area contributed by atoms with Crippen LogP contribution in [0.2, 0.25) is 10.0 Å². The van der Waals surface area contributed by atoms with Crippen LogP contribution in [0.5, 0.6) is 0 Å². The quantitative estimate of drug-likeness (QED) is 0.524. The summed E-state index contributed by atoms with van der Waals surface area (Å²) in [5, 5.41) is 14.9. The molecule has 3 heterocycles. The predicted octanol–water partition coefficient (Wildman–Crippen LogP) is 2.69. The van der Waals surface area contributed by atoms with Crippen molar-refractivity contribution in [3.63, 3.8) is 0 Å². The van der Waals surface area contributed by atoms with Crippen LogP contribution in [-0.4, -0.2) is 80.8 Å². The summed E-state index contributed by atoms with van der Waals surface area (Å²) in [7, 11) is 0. The second-order valence-electron chi connectivity index (χ2n) is 8.82. The Morgan fingerprint density at radius 1 is 0.914 bits per heavy atom. The fourth-order valence-electron chi connectivity index (χ4n) is 4.78. The topological polar surface area (TPSA) is 78.9 Å². The molecule has 0 spiro atoms. The van der Waals surface area contributed by atoms with Gasteiger partial charge in [0.1, 0.15) is 6.54 Å². The Hall–Kier alpha value is -2.49. The number of nitrogens with zero attached hydrogens (tertiary/aromatic N) is 6. The van der Waals surface area contributed by atoms with Gasteiger partial charge >= 0.3 is 5.69 Å². The molecule has 184 valence electrons. The number of fused-ring (bicyclic) bond motifs is 3. The number of aromatic nitrogens is 3. The Labute approximate surface area is 214 Å². The molecule has 10 heteroatoms. The minimum absolute atomic E-state index is 0.174. The first kappa shape index (κ1) is 24.2. The van der Waals surface area contributed by atoms with Crippen molar-refractivity contribution in [1.82, 2.24) is 24.1 Å². The van der Waals surface area contributed by atoms with Crippen molar-refractivity contribution >= 4 is 28.9 Å². The third-order valence-electron chi connectivity index (χ3n) is 6.59. The van der Waals surface area contributed by atoms with Crippen molar-refractivity contribution in [2.45, 2.75) is 19.5 Å². The van der Waals surface area contributed by atoms with Gasteiger partial charge in [0.15, 0.2) is 5.82 Å². The third-order valence-corrected chi connectivity index (χ3v) is 7.16. The van der Waals surface area contributed by atoms with E-state index in [9.17, 15) is 4.79 Å². The molecule has 1 fully saturated rings. The van der Waals surface area contributed by atoms with Gasteiger partial charge < -0.3 is 10.0 Å². The van der Waals surface area contributed by atoms with E-state index < -0.39 is 0 Å². The summed E-state index contributed by atoms with van der Waals surface area (Å²) >= 11 is 12.8. The molecule has 0 atom stereocenters. The summed E-state index contributed by atoms with van der Waals surface area (Å²) in [6.45, 7) is 6.52. The van der Waals surface area contributed by atoms with Crippen LogP contribution >= 0.6 is 23.2 Å². The van der Waals surface area contributed by atoms with Gasteiger partial charge in [-0.15, -0.1) is 0 Å². The van der Waals surface area contributed by atoms with Gasteiger partial charge in [-0.3, -0.25) is 9.89 Å². The molecule has 2 aromatic carbocycles. The largest absolute Gasteiger partial charge is 0.395 e. The number of piperazine rings is 1. The Kier molecular flexibility index (Phi) is 7.36. The molecule has 1 aromatic heterocycles. The fraction of sp³-hybridized carbons (Fsp3) is 0.400. The summed E-state index contributed by atoms with van der Waals surface area (Å²) in [6, 6.07) is 13.0. The number of aliphatic imine (C=N–C) groups is 1. The van der Waals surface area contributed by atoms with Gasteiger partial charge in [0, 0.05) is 67.0 Å². The molecule has 1 N–H and O–H groups in total.